The third-order valence-corrected chi connectivity index (χ3v) is 3.81. The van der Waals surface area contributed by atoms with Gasteiger partial charge in [0.2, 0.25) is 11.8 Å². The van der Waals surface area contributed by atoms with Crippen LogP contribution in [0.25, 0.3) is 6.08 Å². The lowest BCUT2D eigenvalue weighted by Gasteiger charge is -2.17. The highest BCUT2D eigenvalue weighted by Crippen LogP contribution is 2.34. The van der Waals surface area contributed by atoms with Crippen LogP contribution in [0.5, 0.6) is 5.75 Å². The van der Waals surface area contributed by atoms with Crippen molar-refractivity contribution < 1.29 is 27.5 Å². The third-order valence-electron chi connectivity index (χ3n) is 3.81. The Morgan fingerprint density at radius 3 is 2.43 bits per heavy atom. The van der Waals surface area contributed by atoms with Crippen molar-refractivity contribution in [1.82, 2.24) is 4.90 Å². The molecule has 0 aliphatic heterocycles. The summed E-state index contributed by atoms with van der Waals surface area (Å²) in [5, 5.41) is 2.20. The van der Waals surface area contributed by atoms with Crippen molar-refractivity contribution in [3.05, 3.63) is 65.7 Å². The zero-order valence-corrected chi connectivity index (χ0v) is 15.3. The van der Waals surface area contributed by atoms with E-state index in [-0.39, 0.29) is 5.69 Å². The first-order chi connectivity index (χ1) is 13.2. The first-order valence-electron chi connectivity index (χ1n) is 8.24. The molecule has 0 unspecified atom stereocenters. The van der Waals surface area contributed by atoms with Gasteiger partial charge in [-0.2, -0.15) is 13.2 Å². The highest BCUT2D eigenvalue weighted by molar-refractivity contribution is 5.98. The van der Waals surface area contributed by atoms with Gasteiger partial charge in [0.05, 0.1) is 24.9 Å². The van der Waals surface area contributed by atoms with E-state index in [4.69, 9.17) is 4.74 Å². The van der Waals surface area contributed by atoms with Crippen LogP contribution in [0, 0.1) is 0 Å². The van der Waals surface area contributed by atoms with Crippen molar-refractivity contribution in [3.63, 3.8) is 0 Å². The number of methoxy groups -OCH3 is 1. The number of alkyl halides is 3. The van der Waals surface area contributed by atoms with E-state index in [1.54, 1.807) is 24.3 Å². The first-order valence-corrected chi connectivity index (χ1v) is 8.24. The van der Waals surface area contributed by atoms with Crippen LogP contribution in [0.15, 0.2) is 54.6 Å². The SMILES string of the molecule is COc1ccccc1/C=C/C(=O)N(C)CC(=O)Nc1ccccc1C(F)(F)F. The highest BCUT2D eigenvalue weighted by atomic mass is 19.4. The molecule has 1 N–H and O–H groups in total. The number of rotatable bonds is 6. The Hall–Kier alpha value is -3.29. The molecule has 2 aromatic rings. The van der Waals surface area contributed by atoms with Crippen molar-refractivity contribution in [1.29, 1.82) is 0 Å². The zero-order chi connectivity index (χ0) is 20.7. The lowest BCUT2D eigenvalue weighted by atomic mass is 10.1. The van der Waals surface area contributed by atoms with Crippen LogP contribution in [0.3, 0.4) is 0 Å². The number of hydrogen-bond acceptors (Lipinski definition) is 3. The van der Waals surface area contributed by atoms with Gasteiger partial charge in [0.1, 0.15) is 5.75 Å². The summed E-state index contributed by atoms with van der Waals surface area (Å²) < 4.78 is 44.1. The molecule has 0 saturated heterocycles. The minimum absolute atomic E-state index is 0.356. The summed E-state index contributed by atoms with van der Waals surface area (Å²) in [6, 6.07) is 11.7. The maximum absolute atomic E-state index is 13.0. The maximum atomic E-state index is 13.0. The molecule has 2 amide bonds. The summed E-state index contributed by atoms with van der Waals surface area (Å²) in [5.41, 5.74) is -0.630. The molecule has 2 rings (SSSR count). The molecule has 148 valence electrons. The number of halogens is 3. The minimum Gasteiger partial charge on any atom is -0.496 e. The molecule has 0 aliphatic rings. The predicted molar refractivity (Wildman–Crippen MR) is 99.7 cm³/mol. The molecule has 0 atom stereocenters. The van der Waals surface area contributed by atoms with Crippen molar-refractivity contribution in [2.45, 2.75) is 6.18 Å². The monoisotopic (exact) mass is 392 g/mol. The summed E-state index contributed by atoms with van der Waals surface area (Å²) in [5.74, 6) is -0.640. The highest BCUT2D eigenvalue weighted by Gasteiger charge is 2.33. The van der Waals surface area contributed by atoms with Gasteiger partial charge < -0.3 is 15.0 Å². The number of carbonyl (C=O) groups is 2. The summed E-state index contributed by atoms with van der Waals surface area (Å²) in [6.07, 6.45) is -1.80. The van der Waals surface area contributed by atoms with Gasteiger partial charge in [-0.1, -0.05) is 30.3 Å². The Morgan fingerprint density at radius 1 is 1.11 bits per heavy atom. The number of hydrogen-bond donors (Lipinski definition) is 1. The van der Waals surface area contributed by atoms with Gasteiger partial charge in [-0.15, -0.1) is 0 Å². The van der Waals surface area contributed by atoms with Gasteiger partial charge >= 0.3 is 6.18 Å². The molecule has 0 saturated carbocycles. The molecule has 0 radical (unpaired) electrons. The van der Waals surface area contributed by atoms with Gasteiger partial charge in [-0.25, -0.2) is 0 Å². The Balaban J connectivity index is 2.01. The second kappa shape index (κ2) is 9.07. The van der Waals surface area contributed by atoms with Crippen LogP contribution in [0.4, 0.5) is 18.9 Å². The Morgan fingerprint density at radius 2 is 1.75 bits per heavy atom. The molecular formula is C20H19F3N2O3. The number of carbonyl (C=O) groups excluding carboxylic acids is 2. The van der Waals surface area contributed by atoms with E-state index >= 15 is 0 Å². The van der Waals surface area contributed by atoms with Crippen LogP contribution in [-0.4, -0.2) is 37.4 Å². The average molecular weight is 392 g/mol. The summed E-state index contributed by atoms with van der Waals surface area (Å²) in [7, 11) is 2.88. The van der Waals surface area contributed by atoms with Crippen molar-refractivity contribution >= 4 is 23.6 Å². The maximum Gasteiger partial charge on any atom is 0.418 e. The lowest BCUT2D eigenvalue weighted by molar-refractivity contribution is -0.137. The van der Waals surface area contributed by atoms with E-state index in [0.29, 0.717) is 11.3 Å². The van der Waals surface area contributed by atoms with Crippen LogP contribution in [0.1, 0.15) is 11.1 Å². The molecule has 28 heavy (non-hydrogen) atoms. The molecule has 5 nitrogen and oxygen atoms in total. The number of benzene rings is 2. The van der Waals surface area contributed by atoms with Gasteiger partial charge in [-0.3, -0.25) is 9.59 Å². The molecular weight excluding hydrogens is 373 g/mol. The number of likely N-dealkylation sites (N-methyl/N-ethyl adjacent to an activating group) is 1. The van der Waals surface area contributed by atoms with Crippen LogP contribution in [0.2, 0.25) is 0 Å². The van der Waals surface area contributed by atoms with E-state index in [2.05, 4.69) is 5.32 Å². The van der Waals surface area contributed by atoms with Crippen LogP contribution in [-0.2, 0) is 15.8 Å². The van der Waals surface area contributed by atoms with E-state index in [0.717, 1.165) is 17.0 Å². The molecule has 8 heteroatoms. The second-order valence-electron chi connectivity index (χ2n) is 5.86. The van der Waals surface area contributed by atoms with Crippen molar-refractivity contribution in [2.24, 2.45) is 0 Å². The second-order valence-corrected chi connectivity index (χ2v) is 5.86. The fraction of sp³-hybridized carbons (Fsp3) is 0.200. The van der Waals surface area contributed by atoms with E-state index in [1.165, 1.54) is 38.4 Å². The third kappa shape index (κ3) is 5.60. The predicted octanol–water partition coefficient (Wildman–Crippen LogP) is 3.82. The molecule has 0 spiro atoms. The zero-order valence-electron chi connectivity index (χ0n) is 15.3. The standard InChI is InChI=1S/C20H19F3N2O3/c1-25(19(27)12-11-14-7-3-6-10-17(14)28-2)13-18(26)24-16-9-5-4-8-15(16)20(21,22)23/h3-12H,13H2,1-2H3,(H,24,26)/b12-11+. The summed E-state index contributed by atoms with van der Waals surface area (Å²) in [4.78, 5) is 25.3. The van der Waals surface area contributed by atoms with Gasteiger partial charge in [0.25, 0.3) is 0 Å². The normalized spacial score (nSPS) is 11.3. The largest absolute Gasteiger partial charge is 0.496 e. The number of anilines is 1. The number of nitrogens with zero attached hydrogens (tertiary/aromatic N) is 1. The number of nitrogens with one attached hydrogen (secondary N) is 1. The summed E-state index contributed by atoms with van der Waals surface area (Å²) >= 11 is 0. The van der Waals surface area contributed by atoms with Gasteiger partial charge in [0.15, 0.2) is 0 Å². The average Bonchev–Trinajstić information content (AvgIpc) is 2.65. The quantitative estimate of drug-likeness (QED) is 0.761. The van der Waals surface area contributed by atoms with Gasteiger partial charge in [0, 0.05) is 18.7 Å². The summed E-state index contributed by atoms with van der Waals surface area (Å²) in [6.45, 7) is -0.401. The lowest BCUT2D eigenvalue weighted by Crippen LogP contribution is -2.34. The topological polar surface area (TPSA) is 58.6 Å². The number of para-hydroxylation sites is 2. The Bertz CT molecular complexity index is 879. The fourth-order valence-electron chi connectivity index (χ4n) is 2.41. The van der Waals surface area contributed by atoms with E-state index in [9.17, 15) is 22.8 Å². The van der Waals surface area contributed by atoms with Crippen molar-refractivity contribution in [2.75, 3.05) is 26.0 Å². The number of ether oxygens (including phenoxy) is 1. The fourth-order valence-corrected chi connectivity index (χ4v) is 2.41. The Kier molecular flexibility index (Phi) is 6.81. The first kappa shape index (κ1) is 21.0. The molecule has 0 aliphatic carbocycles. The molecule has 0 fully saturated rings. The minimum atomic E-state index is -4.59. The number of amides is 2. The van der Waals surface area contributed by atoms with E-state index < -0.39 is 30.1 Å². The molecule has 0 bridgehead atoms. The van der Waals surface area contributed by atoms with Crippen LogP contribution < -0.4 is 10.1 Å². The van der Waals surface area contributed by atoms with E-state index in [1.807, 2.05) is 0 Å². The molecule has 0 aromatic heterocycles. The van der Waals surface area contributed by atoms with Crippen molar-refractivity contribution in [3.8, 4) is 5.75 Å². The molecule has 2 aromatic carbocycles. The molecule has 0 heterocycles. The Labute approximate surface area is 160 Å². The van der Waals surface area contributed by atoms with Crippen LogP contribution >= 0.6 is 0 Å². The smallest absolute Gasteiger partial charge is 0.418 e. The van der Waals surface area contributed by atoms with Gasteiger partial charge in [-0.05, 0) is 24.3 Å².